The zero-order valence-corrected chi connectivity index (χ0v) is 11.5. The lowest BCUT2D eigenvalue weighted by Gasteiger charge is -2.09. The molecule has 0 aliphatic carbocycles. The van der Waals surface area contributed by atoms with Crippen LogP contribution in [0.1, 0.15) is 26.7 Å². The molecule has 19 heavy (non-hydrogen) atoms. The molecule has 0 radical (unpaired) electrons. The van der Waals surface area contributed by atoms with E-state index in [1.165, 1.54) is 0 Å². The molecule has 1 unspecified atom stereocenters. The summed E-state index contributed by atoms with van der Waals surface area (Å²) in [4.78, 5) is 21.5. The highest BCUT2D eigenvalue weighted by atomic mass is 16.5. The van der Waals surface area contributed by atoms with E-state index in [-0.39, 0.29) is 13.0 Å². The molecule has 0 rings (SSSR count). The summed E-state index contributed by atoms with van der Waals surface area (Å²) < 4.78 is 5.31. The number of urea groups is 1. The molecule has 4 N–H and O–H groups in total. The molecule has 0 saturated heterocycles. The van der Waals surface area contributed by atoms with Gasteiger partial charge in [-0.15, -0.1) is 0 Å². The molecule has 0 aliphatic rings. The molecule has 1 atom stereocenters. The van der Waals surface area contributed by atoms with Crippen molar-refractivity contribution in [2.45, 2.75) is 32.8 Å². The predicted octanol–water partition coefficient (Wildman–Crippen LogP) is 0.184. The Morgan fingerprint density at radius 2 is 1.74 bits per heavy atom. The van der Waals surface area contributed by atoms with E-state index in [1.54, 1.807) is 0 Å². The van der Waals surface area contributed by atoms with Crippen molar-refractivity contribution in [3.05, 3.63) is 0 Å². The van der Waals surface area contributed by atoms with Crippen molar-refractivity contribution in [2.75, 3.05) is 26.3 Å². The molecule has 0 saturated carbocycles. The molecule has 7 nitrogen and oxygen atoms in total. The maximum atomic E-state index is 11.2. The molecular formula is C12H24N2O5. The molecule has 0 heterocycles. The van der Waals surface area contributed by atoms with Crippen molar-refractivity contribution in [2.24, 2.45) is 5.92 Å². The number of aliphatic hydroxyl groups is 1. The Hall–Kier alpha value is -1.34. The van der Waals surface area contributed by atoms with Gasteiger partial charge >= 0.3 is 12.0 Å². The average Bonchev–Trinajstić information content (AvgIpc) is 2.32. The molecule has 0 fully saturated rings. The van der Waals surface area contributed by atoms with Gasteiger partial charge in [-0.1, -0.05) is 13.8 Å². The van der Waals surface area contributed by atoms with Gasteiger partial charge < -0.3 is 25.6 Å². The van der Waals surface area contributed by atoms with E-state index in [1.807, 2.05) is 0 Å². The fourth-order valence-corrected chi connectivity index (χ4v) is 1.17. The second-order valence-electron chi connectivity index (χ2n) is 4.62. The number of ether oxygens (including phenoxy) is 1. The Morgan fingerprint density at radius 1 is 1.11 bits per heavy atom. The second-order valence-corrected chi connectivity index (χ2v) is 4.62. The summed E-state index contributed by atoms with van der Waals surface area (Å²) in [5, 5.41) is 22.4. The van der Waals surface area contributed by atoms with E-state index in [2.05, 4.69) is 24.5 Å². The summed E-state index contributed by atoms with van der Waals surface area (Å²) >= 11 is 0. The monoisotopic (exact) mass is 276 g/mol. The topological polar surface area (TPSA) is 108 Å². The van der Waals surface area contributed by atoms with Crippen molar-refractivity contribution < 1.29 is 24.5 Å². The SMILES string of the molecule is CC(C)CCOCCNC(=O)NCCC(O)C(=O)O. The first-order valence-corrected chi connectivity index (χ1v) is 6.43. The zero-order chi connectivity index (χ0) is 14.7. The van der Waals surface area contributed by atoms with Gasteiger partial charge in [0.25, 0.3) is 0 Å². The molecule has 0 aromatic heterocycles. The van der Waals surface area contributed by atoms with Gasteiger partial charge in [-0.25, -0.2) is 9.59 Å². The number of carboxylic acids is 1. The highest BCUT2D eigenvalue weighted by Crippen LogP contribution is 1.98. The number of rotatable bonds is 10. The van der Waals surface area contributed by atoms with Gasteiger partial charge in [0.2, 0.25) is 0 Å². The third-order valence-electron chi connectivity index (χ3n) is 2.36. The van der Waals surface area contributed by atoms with Crippen LogP contribution in [0.3, 0.4) is 0 Å². The quantitative estimate of drug-likeness (QED) is 0.426. The highest BCUT2D eigenvalue weighted by molar-refractivity contribution is 5.74. The van der Waals surface area contributed by atoms with Crippen LogP contribution in [0, 0.1) is 5.92 Å². The molecule has 0 bridgehead atoms. The van der Waals surface area contributed by atoms with Crippen molar-refractivity contribution in [1.29, 1.82) is 0 Å². The largest absolute Gasteiger partial charge is 0.479 e. The molecule has 7 heteroatoms. The number of aliphatic hydroxyl groups excluding tert-OH is 1. The van der Waals surface area contributed by atoms with E-state index in [0.29, 0.717) is 25.7 Å². The van der Waals surface area contributed by atoms with Crippen LogP contribution in [0.25, 0.3) is 0 Å². The fourth-order valence-electron chi connectivity index (χ4n) is 1.17. The normalized spacial score (nSPS) is 12.2. The van der Waals surface area contributed by atoms with Crippen LogP contribution >= 0.6 is 0 Å². The Kier molecular flexibility index (Phi) is 9.82. The summed E-state index contributed by atoms with van der Waals surface area (Å²) in [5.41, 5.74) is 0. The number of hydrogen-bond donors (Lipinski definition) is 4. The molecule has 112 valence electrons. The number of carbonyl (C=O) groups excluding carboxylic acids is 1. The summed E-state index contributed by atoms with van der Waals surface area (Å²) in [6.45, 7) is 5.84. The molecule has 0 aromatic carbocycles. The minimum Gasteiger partial charge on any atom is -0.479 e. The van der Waals surface area contributed by atoms with E-state index < -0.39 is 18.1 Å². The van der Waals surface area contributed by atoms with Gasteiger partial charge in [-0.05, 0) is 12.3 Å². The number of carbonyl (C=O) groups is 2. The van der Waals surface area contributed by atoms with E-state index in [9.17, 15) is 9.59 Å². The second kappa shape index (κ2) is 10.6. The molecule has 0 spiro atoms. The van der Waals surface area contributed by atoms with Gasteiger partial charge in [0, 0.05) is 26.1 Å². The van der Waals surface area contributed by atoms with Crippen LogP contribution in [0.4, 0.5) is 4.79 Å². The Morgan fingerprint density at radius 3 is 2.32 bits per heavy atom. The van der Waals surface area contributed by atoms with Crippen LogP contribution in [0.2, 0.25) is 0 Å². The average molecular weight is 276 g/mol. The Bertz CT molecular complexity index is 271. The number of carboxylic acid groups (broad SMARTS) is 1. The van der Waals surface area contributed by atoms with Crippen molar-refractivity contribution in [3.8, 4) is 0 Å². The lowest BCUT2D eigenvalue weighted by Crippen LogP contribution is -2.39. The lowest BCUT2D eigenvalue weighted by molar-refractivity contribution is -0.146. The number of hydrogen-bond acceptors (Lipinski definition) is 4. The van der Waals surface area contributed by atoms with Gasteiger partial charge in [-0.3, -0.25) is 0 Å². The summed E-state index contributed by atoms with van der Waals surface area (Å²) in [5.74, 6) is -0.697. The first kappa shape index (κ1) is 17.7. The van der Waals surface area contributed by atoms with Gasteiger partial charge in [0.05, 0.1) is 6.61 Å². The van der Waals surface area contributed by atoms with Gasteiger partial charge in [0.15, 0.2) is 6.10 Å². The minimum absolute atomic E-state index is 0.0202. The van der Waals surface area contributed by atoms with Crippen LogP contribution in [0.5, 0.6) is 0 Å². The van der Waals surface area contributed by atoms with E-state index in [0.717, 1.165) is 6.42 Å². The van der Waals surface area contributed by atoms with Crippen LogP contribution in [-0.2, 0) is 9.53 Å². The standard InChI is InChI=1S/C12H24N2O5/c1-9(2)4-7-19-8-6-14-12(18)13-5-3-10(15)11(16)17/h9-10,15H,3-8H2,1-2H3,(H,16,17)(H2,13,14,18). The third-order valence-corrected chi connectivity index (χ3v) is 2.36. The van der Waals surface area contributed by atoms with Gasteiger partial charge in [0.1, 0.15) is 0 Å². The van der Waals surface area contributed by atoms with Crippen molar-refractivity contribution >= 4 is 12.0 Å². The summed E-state index contributed by atoms with van der Waals surface area (Å²) in [7, 11) is 0. The molecular weight excluding hydrogens is 252 g/mol. The summed E-state index contributed by atoms with van der Waals surface area (Å²) in [6, 6.07) is -0.398. The smallest absolute Gasteiger partial charge is 0.332 e. The Balaban J connectivity index is 3.38. The first-order chi connectivity index (χ1) is 8.93. The maximum absolute atomic E-state index is 11.2. The van der Waals surface area contributed by atoms with Crippen molar-refractivity contribution in [3.63, 3.8) is 0 Å². The van der Waals surface area contributed by atoms with Crippen LogP contribution < -0.4 is 10.6 Å². The van der Waals surface area contributed by atoms with Crippen molar-refractivity contribution in [1.82, 2.24) is 10.6 Å². The van der Waals surface area contributed by atoms with Crippen LogP contribution in [0.15, 0.2) is 0 Å². The molecule has 0 aliphatic heterocycles. The zero-order valence-electron chi connectivity index (χ0n) is 11.5. The Labute approximate surface area is 113 Å². The molecule has 2 amide bonds. The minimum atomic E-state index is -1.44. The predicted molar refractivity (Wildman–Crippen MR) is 69.9 cm³/mol. The van der Waals surface area contributed by atoms with Crippen LogP contribution in [-0.4, -0.2) is 54.6 Å². The fraction of sp³-hybridized carbons (Fsp3) is 0.833. The van der Waals surface area contributed by atoms with E-state index in [4.69, 9.17) is 14.9 Å². The highest BCUT2D eigenvalue weighted by Gasteiger charge is 2.12. The number of amides is 2. The third kappa shape index (κ3) is 11.5. The van der Waals surface area contributed by atoms with E-state index >= 15 is 0 Å². The number of nitrogens with one attached hydrogen (secondary N) is 2. The first-order valence-electron chi connectivity index (χ1n) is 6.43. The lowest BCUT2D eigenvalue weighted by atomic mass is 10.1. The molecule has 0 aromatic rings. The summed E-state index contributed by atoms with van der Waals surface area (Å²) in [6.07, 6.45) is -0.480. The van der Waals surface area contributed by atoms with Gasteiger partial charge in [-0.2, -0.15) is 0 Å². The number of aliphatic carboxylic acids is 1. The maximum Gasteiger partial charge on any atom is 0.332 e.